The van der Waals surface area contributed by atoms with Crippen LogP contribution < -0.4 is 20.9 Å². The molecule has 1 aromatic carbocycles. The fourth-order valence-corrected chi connectivity index (χ4v) is 2.15. The highest BCUT2D eigenvalue weighted by molar-refractivity contribution is 9.10. The third-order valence-corrected chi connectivity index (χ3v) is 3.24. The standard InChI is InChI=1S/C12H19BrN2O2/c1-16-11-7-9(13)12(17-2)6-8(11)10(15)4-3-5-14/h6-7,10H,3-5,14-15H2,1-2H3/t10-/m1/s1. The molecule has 0 aliphatic rings. The molecule has 0 unspecified atom stereocenters. The molecule has 96 valence electrons. The Bertz CT molecular complexity index is 372. The Labute approximate surface area is 110 Å². The van der Waals surface area contributed by atoms with E-state index in [9.17, 15) is 0 Å². The van der Waals surface area contributed by atoms with Gasteiger partial charge in [-0.25, -0.2) is 0 Å². The van der Waals surface area contributed by atoms with Crippen molar-refractivity contribution in [2.24, 2.45) is 11.5 Å². The Kier molecular flexibility index (Phi) is 5.74. The molecule has 0 radical (unpaired) electrons. The van der Waals surface area contributed by atoms with Crippen LogP contribution >= 0.6 is 15.9 Å². The van der Waals surface area contributed by atoms with Gasteiger partial charge in [0.15, 0.2) is 0 Å². The van der Waals surface area contributed by atoms with Gasteiger partial charge in [-0.15, -0.1) is 0 Å². The van der Waals surface area contributed by atoms with Gasteiger partial charge < -0.3 is 20.9 Å². The van der Waals surface area contributed by atoms with Crippen LogP contribution in [-0.4, -0.2) is 20.8 Å². The van der Waals surface area contributed by atoms with E-state index in [1.165, 1.54) is 0 Å². The molecule has 1 aromatic rings. The summed E-state index contributed by atoms with van der Waals surface area (Å²) < 4.78 is 11.4. The number of benzene rings is 1. The molecule has 0 bridgehead atoms. The van der Waals surface area contributed by atoms with Crippen LogP contribution in [0.2, 0.25) is 0 Å². The van der Waals surface area contributed by atoms with Gasteiger partial charge in [-0.1, -0.05) is 0 Å². The first kappa shape index (κ1) is 14.3. The van der Waals surface area contributed by atoms with Crippen molar-refractivity contribution in [3.8, 4) is 11.5 Å². The molecule has 0 aliphatic carbocycles. The number of hydrogen-bond acceptors (Lipinski definition) is 4. The Morgan fingerprint density at radius 3 is 2.41 bits per heavy atom. The maximum Gasteiger partial charge on any atom is 0.133 e. The van der Waals surface area contributed by atoms with Crippen LogP contribution in [-0.2, 0) is 0 Å². The average Bonchev–Trinajstić information content (AvgIpc) is 2.35. The summed E-state index contributed by atoms with van der Waals surface area (Å²) in [4.78, 5) is 0. The topological polar surface area (TPSA) is 70.5 Å². The quantitative estimate of drug-likeness (QED) is 0.845. The summed E-state index contributed by atoms with van der Waals surface area (Å²) in [5.74, 6) is 1.52. The highest BCUT2D eigenvalue weighted by Gasteiger charge is 2.15. The second-order valence-corrected chi connectivity index (χ2v) is 4.62. The summed E-state index contributed by atoms with van der Waals surface area (Å²) in [6.45, 7) is 0.643. The second-order valence-electron chi connectivity index (χ2n) is 3.77. The summed E-state index contributed by atoms with van der Waals surface area (Å²) in [6, 6.07) is 3.69. The summed E-state index contributed by atoms with van der Waals surface area (Å²) in [5, 5.41) is 0. The first-order chi connectivity index (χ1) is 8.13. The van der Waals surface area contributed by atoms with Crippen LogP contribution in [0, 0.1) is 0 Å². The van der Waals surface area contributed by atoms with Gasteiger partial charge in [0.2, 0.25) is 0 Å². The van der Waals surface area contributed by atoms with Crippen molar-refractivity contribution in [2.45, 2.75) is 18.9 Å². The Hall–Kier alpha value is -0.780. The zero-order valence-electron chi connectivity index (χ0n) is 10.2. The van der Waals surface area contributed by atoms with Crippen molar-refractivity contribution in [2.75, 3.05) is 20.8 Å². The minimum Gasteiger partial charge on any atom is -0.496 e. The minimum atomic E-state index is -0.0875. The summed E-state index contributed by atoms with van der Waals surface area (Å²) in [5.41, 5.74) is 12.6. The molecule has 5 heteroatoms. The molecule has 4 N–H and O–H groups in total. The number of nitrogens with two attached hydrogens (primary N) is 2. The van der Waals surface area contributed by atoms with Crippen LogP contribution in [0.15, 0.2) is 16.6 Å². The lowest BCUT2D eigenvalue weighted by molar-refractivity contribution is 0.391. The van der Waals surface area contributed by atoms with Crippen LogP contribution in [0.25, 0.3) is 0 Å². The number of hydrogen-bond donors (Lipinski definition) is 2. The van der Waals surface area contributed by atoms with E-state index >= 15 is 0 Å². The van der Waals surface area contributed by atoms with Gasteiger partial charge in [0, 0.05) is 11.6 Å². The molecule has 0 amide bonds. The van der Waals surface area contributed by atoms with Crippen LogP contribution in [0.4, 0.5) is 0 Å². The summed E-state index contributed by atoms with van der Waals surface area (Å²) in [6.07, 6.45) is 1.72. The molecule has 1 rings (SSSR count). The van der Waals surface area contributed by atoms with E-state index in [1.54, 1.807) is 14.2 Å². The number of rotatable bonds is 6. The second kappa shape index (κ2) is 6.83. The number of methoxy groups -OCH3 is 2. The molecule has 0 saturated carbocycles. The minimum absolute atomic E-state index is 0.0875. The fraction of sp³-hybridized carbons (Fsp3) is 0.500. The van der Waals surface area contributed by atoms with E-state index in [0.29, 0.717) is 6.54 Å². The first-order valence-electron chi connectivity index (χ1n) is 5.51. The van der Waals surface area contributed by atoms with E-state index in [1.807, 2.05) is 12.1 Å². The molecular formula is C12H19BrN2O2. The highest BCUT2D eigenvalue weighted by atomic mass is 79.9. The van der Waals surface area contributed by atoms with Crippen molar-refractivity contribution in [1.29, 1.82) is 0 Å². The lowest BCUT2D eigenvalue weighted by Crippen LogP contribution is -2.14. The molecule has 0 aromatic heterocycles. The van der Waals surface area contributed by atoms with Crippen molar-refractivity contribution in [3.05, 3.63) is 22.2 Å². The van der Waals surface area contributed by atoms with Gasteiger partial charge in [-0.2, -0.15) is 0 Å². The average molecular weight is 303 g/mol. The third kappa shape index (κ3) is 3.59. The van der Waals surface area contributed by atoms with E-state index in [0.717, 1.165) is 34.4 Å². The number of halogens is 1. The van der Waals surface area contributed by atoms with E-state index in [-0.39, 0.29) is 6.04 Å². The van der Waals surface area contributed by atoms with Gasteiger partial charge in [-0.3, -0.25) is 0 Å². The predicted octanol–water partition coefficient (Wildman–Crippen LogP) is 2.21. The Morgan fingerprint density at radius 2 is 1.88 bits per heavy atom. The Morgan fingerprint density at radius 1 is 1.24 bits per heavy atom. The van der Waals surface area contributed by atoms with Crippen molar-refractivity contribution >= 4 is 15.9 Å². The molecule has 17 heavy (non-hydrogen) atoms. The predicted molar refractivity (Wildman–Crippen MR) is 72.5 cm³/mol. The normalized spacial score (nSPS) is 12.3. The lowest BCUT2D eigenvalue weighted by Gasteiger charge is -2.17. The molecule has 1 atom stereocenters. The molecule has 4 nitrogen and oxygen atoms in total. The summed E-state index contributed by atoms with van der Waals surface area (Å²) in [7, 11) is 3.26. The molecule has 0 spiro atoms. The largest absolute Gasteiger partial charge is 0.496 e. The van der Waals surface area contributed by atoms with Gasteiger partial charge in [0.05, 0.1) is 18.7 Å². The van der Waals surface area contributed by atoms with Crippen molar-refractivity contribution in [1.82, 2.24) is 0 Å². The molecule has 0 fully saturated rings. The number of ether oxygens (including phenoxy) is 2. The van der Waals surface area contributed by atoms with Crippen LogP contribution in [0.3, 0.4) is 0 Å². The zero-order chi connectivity index (χ0) is 12.8. The Balaban J connectivity index is 3.02. The van der Waals surface area contributed by atoms with Crippen molar-refractivity contribution in [3.63, 3.8) is 0 Å². The van der Waals surface area contributed by atoms with E-state index in [4.69, 9.17) is 20.9 Å². The van der Waals surface area contributed by atoms with Gasteiger partial charge in [0.1, 0.15) is 11.5 Å². The molecular weight excluding hydrogens is 284 g/mol. The van der Waals surface area contributed by atoms with Crippen LogP contribution in [0.1, 0.15) is 24.4 Å². The van der Waals surface area contributed by atoms with Gasteiger partial charge in [-0.05, 0) is 47.4 Å². The van der Waals surface area contributed by atoms with E-state index < -0.39 is 0 Å². The maximum absolute atomic E-state index is 6.12. The maximum atomic E-state index is 6.12. The smallest absolute Gasteiger partial charge is 0.133 e. The lowest BCUT2D eigenvalue weighted by atomic mass is 10.0. The molecule has 0 heterocycles. The van der Waals surface area contributed by atoms with Gasteiger partial charge in [0.25, 0.3) is 0 Å². The fourth-order valence-electron chi connectivity index (χ4n) is 1.67. The van der Waals surface area contributed by atoms with Gasteiger partial charge >= 0.3 is 0 Å². The molecule has 0 saturated heterocycles. The van der Waals surface area contributed by atoms with E-state index in [2.05, 4.69) is 15.9 Å². The zero-order valence-corrected chi connectivity index (χ0v) is 11.8. The molecule has 0 aliphatic heterocycles. The van der Waals surface area contributed by atoms with Crippen LogP contribution in [0.5, 0.6) is 11.5 Å². The SMILES string of the molecule is COc1cc([C@H](N)CCCN)c(OC)cc1Br. The first-order valence-corrected chi connectivity index (χ1v) is 6.30. The summed E-state index contributed by atoms with van der Waals surface area (Å²) >= 11 is 3.42. The monoisotopic (exact) mass is 302 g/mol. The van der Waals surface area contributed by atoms with Crippen molar-refractivity contribution < 1.29 is 9.47 Å². The third-order valence-electron chi connectivity index (χ3n) is 2.62. The highest BCUT2D eigenvalue weighted by Crippen LogP contribution is 2.36.